The zero-order valence-electron chi connectivity index (χ0n) is 19.5. The van der Waals surface area contributed by atoms with Gasteiger partial charge in [-0.1, -0.05) is 39.7 Å². The van der Waals surface area contributed by atoms with Crippen LogP contribution in [0.4, 0.5) is 0 Å². The number of hydrogen-bond donors (Lipinski definition) is 2. The van der Waals surface area contributed by atoms with Crippen LogP contribution in [0.5, 0.6) is 0 Å². The van der Waals surface area contributed by atoms with Crippen LogP contribution in [0.2, 0.25) is 0 Å². The molecule has 0 radical (unpaired) electrons. The summed E-state index contributed by atoms with van der Waals surface area (Å²) in [5, 5.41) is 20.0. The van der Waals surface area contributed by atoms with E-state index >= 15 is 0 Å². The van der Waals surface area contributed by atoms with E-state index in [0.29, 0.717) is 32.4 Å². The van der Waals surface area contributed by atoms with Crippen molar-refractivity contribution in [3.63, 3.8) is 0 Å². The highest BCUT2D eigenvalue weighted by atomic mass is 32.2. The lowest BCUT2D eigenvalue weighted by Gasteiger charge is -2.40. The van der Waals surface area contributed by atoms with Crippen molar-refractivity contribution in [1.29, 1.82) is 0 Å². The number of thioether (sulfide) groups is 1. The number of carboxylic acid groups (broad SMARTS) is 1. The first-order chi connectivity index (χ1) is 15.2. The maximum absolute atomic E-state index is 14.0. The molecule has 3 saturated heterocycles. The molecule has 0 aromatic carbocycles. The van der Waals surface area contributed by atoms with Crippen molar-refractivity contribution in [2.45, 2.75) is 81.4 Å². The number of carbonyl (C=O) groups excluding carboxylic acids is 2. The number of rotatable bonds is 12. The van der Waals surface area contributed by atoms with Crippen LogP contribution in [-0.4, -0.2) is 79.6 Å². The van der Waals surface area contributed by atoms with Crippen LogP contribution in [0.1, 0.15) is 59.3 Å². The van der Waals surface area contributed by atoms with Crippen molar-refractivity contribution in [2.75, 3.05) is 19.7 Å². The predicted octanol–water partition coefficient (Wildman–Crippen LogP) is 2.77. The Labute approximate surface area is 195 Å². The fraction of sp³-hybridized carbons (Fsp3) is 0.792. The smallest absolute Gasteiger partial charge is 0.308 e. The Kier molecular flexibility index (Phi) is 7.97. The second-order valence-corrected chi connectivity index (χ2v) is 11.5. The Bertz CT molecular complexity index is 744. The maximum Gasteiger partial charge on any atom is 0.308 e. The topological polar surface area (TPSA) is 98.2 Å². The van der Waals surface area contributed by atoms with Crippen LogP contribution in [0.25, 0.3) is 0 Å². The van der Waals surface area contributed by atoms with Crippen molar-refractivity contribution < 1.29 is 24.6 Å². The molecule has 0 aromatic heterocycles. The predicted molar refractivity (Wildman–Crippen MR) is 125 cm³/mol. The summed E-state index contributed by atoms with van der Waals surface area (Å²) in [7, 11) is 0. The Balaban J connectivity index is 2.03. The molecule has 180 valence electrons. The first-order valence-corrected chi connectivity index (χ1v) is 12.8. The van der Waals surface area contributed by atoms with E-state index in [-0.39, 0.29) is 29.6 Å². The zero-order valence-corrected chi connectivity index (χ0v) is 20.4. The lowest BCUT2D eigenvalue weighted by molar-refractivity contribution is -0.150. The number of likely N-dealkylation sites (tertiary alicyclic amines) is 1. The molecule has 6 atom stereocenters. The molecule has 8 heteroatoms. The maximum atomic E-state index is 14.0. The van der Waals surface area contributed by atoms with Crippen LogP contribution in [0.15, 0.2) is 12.7 Å². The molecule has 3 aliphatic heterocycles. The third-order valence-electron chi connectivity index (χ3n) is 7.30. The average molecular weight is 467 g/mol. The number of fused-ring (bicyclic) bond motifs is 1. The quantitative estimate of drug-likeness (QED) is 0.339. The molecule has 0 aromatic rings. The van der Waals surface area contributed by atoms with E-state index < -0.39 is 34.6 Å². The average Bonchev–Trinajstić information content (AvgIpc) is 3.38. The molecule has 7 nitrogen and oxygen atoms in total. The van der Waals surface area contributed by atoms with E-state index in [9.17, 15) is 24.6 Å². The van der Waals surface area contributed by atoms with Gasteiger partial charge in [0, 0.05) is 18.3 Å². The minimum atomic E-state index is -0.953. The van der Waals surface area contributed by atoms with Crippen molar-refractivity contribution in [3.8, 4) is 0 Å². The number of unbranched alkanes of at least 4 members (excludes halogenated alkanes) is 2. The van der Waals surface area contributed by atoms with Crippen LogP contribution in [0.3, 0.4) is 0 Å². The van der Waals surface area contributed by atoms with Gasteiger partial charge in [-0.25, -0.2) is 0 Å². The van der Waals surface area contributed by atoms with Gasteiger partial charge in [0.1, 0.15) is 6.04 Å². The molecule has 1 spiro atoms. The van der Waals surface area contributed by atoms with Crippen molar-refractivity contribution in [2.24, 2.45) is 17.8 Å². The lowest BCUT2D eigenvalue weighted by atomic mass is 9.71. The molecule has 0 aliphatic carbocycles. The summed E-state index contributed by atoms with van der Waals surface area (Å²) in [5.41, 5.74) is 0. The number of aliphatic carboxylic acids is 1. The molecule has 2 unspecified atom stereocenters. The van der Waals surface area contributed by atoms with E-state index in [4.69, 9.17) is 0 Å². The second kappa shape index (κ2) is 10.2. The van der Waals surface area contributed by atoms with Crippen LogP contribution in [-0.2, 0) is 14.4 Å². The molecule has 3 rings (SSSR count). The number of aliphatic hydroxyl groups is 1. The first kappa shape index (κ1) is 25.1. The molecular weight excluding hydrogens is 428 g/mol. The Hall–Kier alpha value is -1.54. The second-order valence-electron chi connectivity index (χ2n) is 9.89. The molecule has 2 bridgehead atoms. The minimum absolute atomic E-state index is 0.127. The van der Waals surface area contributed by atoms with Crippen molar-refractivity contribution in [1.82, 2.24) is 9.80 Å². The Morgan fingerprint density at radius 3 is 2.66 bits per heavy atom. The van der Waals surface area contributed by atoms with Crippen LogP contribution >= 0.6 is 11.8 Å². The van der Waals surface area contributed by atoms with Gasteiger partial charge in [0.05, 0.1) is 29.2 Å². The number of carbonyl (C=O) groups is 3. The summed E-state index contributed by atoms with van der Waals surface area (Å²) in [6.07, 6.45) is 6.55. The molecule has 2 amide bonds. The molecule has 0 saturated carbocycles. The first-order valence-electron chi connectivity index (χ1n) is 12.0. The highest BCUT2D eigenvalue weighted by Crippen LogP contribution is 2.66. The third kappa shape index (κ3) is 4.20. The Morgan fingerprint density at radius 2 is 2.09 bits per heavy atom. The van der Waals surface area contributed by atoms with Gasteiger partial charge in [-0.3, -0.25) is 14.4 Å². The summed E-state index contributed by atoms with van der Waals surface area (Å²) in [6.45, 7) is 10.7. The van der Waals surface area contributed by atoms with Gasteiger partial charge in [0.2, 0.25) is 11.8 Å². The summed E-state index contributed by atoms with van der Waals surface area (Å²) < 4.78 is -0.726. The van der Waals surface area contributed by atoms with Gasteiger partial charge < -0.3 is 20.0 Å². The normalized spacial score (nSPS) is 31.8. The Morgan fingerprint density at radius 1 is 1.38 bits per heavy atom. The molecular formula is C24H38N2O5S. The summed E-state index contributed by atoms with van der Waals surface area (Å²) >= 11 is 1.54. The number of carboxylic acids is 1. The van der Waals surface area contributed by atoms with Crippen molar-refractivity contribution in [3.05, 3.63) is 12.7 Å². The molecule has 3 heterocycles. The fourth-order valence-corrected chi connectivity index (χ4v) is 8.23. The van der Waals surface area contributed by atoms with E-state index in [1.165, 1.54) is 0 Å². The summed E-state index contributed by atoms with van der Waals surface area (Å²) in [6, 6.07) is -1.23. The minimum Gasteiger partial charge on any atom is -0.481 e. The standard InChI is InChI=1S/C24H38N2O5S/c1-5-7-8-12-25(11-6-2)22(29)20-24-10-9-17(32-24)18(23(30)31)19(24)21(28)26(20)16(14-27)13-15(3)4/h6,15-20,27H,2,5,7-14H2,1,3-4H3,(H,30,31)/t16-,17+,18-,19+,20?,24?/m1/s1. The van der Waals surface area contributed by atoms with Gasteiger partial charge in [-0.05, 0) is 31.6 Å². The molecule has 2 N–H and O–H groups in total. The lowest BCUT2D eigenvalue weighted by Crippen LogP contribution is -2.57. The number of nitrogens with zero attached hydrogens (tertiary/aromatic N) is 2. The fourth-order valence-electron chi connectivity index (χ4n) is 6.04. The SMILES string of the molecule is C=CCN(CCCCC)C(=O)C1N([C@@H](CO)CC(C)C)C(=O)[C@@H]2[C@H](C(=O)O)[C@@H]3CCC12S3. The van der Waals surface area contributed by atoms with Crippen LogP contribution < -0.4 is 0 Å². The van der Waals surface area contributed by atoms with E-state index in [0.717, 1.165) is 19.3 Å². The molecule has 32 heavy (non-hydrogen) atoms. The number of hydrogen-bond acceptors (Lipinski definition) is 5. The van der Waals surface area contributed by atoms with Gasteiger partial charge in [-0.15, -0.1) is 18.3 Å². The van der Waals surface area contributed by atoms with E-state index in [2.05, 4.69) is 13.5 Å². The third-order valence-corrected chi connectivity index (χ3v) is 9.25. The summed E-state index contributed by atoms with van der Waals surface area (Å²) in [4.78, 5) is 43.3. The van der Waals surface area contributed by atoms with Gasteiger partial charge in [-0.2, -0.15) is 0 Å². The van der Waals surface area contributed by atoms with Gasteiger partial charge >= 0.3 is 5.97 Å². The highest BCUT2D eigenvalue weighted by Gasteiger charge is 2.74. The van der Waals surface area contributed by atoms with Gasteiger partial charge in [0.15, 0.2) is 0 Å². The van der Waals surface area contributed by atoms with Crippen molar-refractivity contribution >= 4 is 29.5 Å². The van der Waals surface area contributed by atoms with E-state index in [1.807, 2.05) is 13.8 Å². The summed E-state index contributed by atoms with van der Waals surface area (Å²) in [5.74, 6) is -2.60. The van der Waals surface area contributed by atoms with Gasteiger partial charge in [0.25, 0.3) is 0 Å². The molecule has 3 aliphatic rings. The number of amides is 2. The highest BCUT2D eigenvalue weighted by molar-refractivity contribution is 8.02. The number of aliphatic hydroxyl groups excluding tert-OH is 1. The molecule has 3 fully saturated rings. The largest absolute Gasteiger partial charge is 0.481 e. The van der Waals surface area contributed by atoms with Crippen LogP contribution in [0, 0.1) is 17.8 Å². The zero-order chi connectivity index (χ0) is 23.6. The van der Waals surface area contributed by atoms with E-state index in [1.54, 1.807) is 27.6 Å². The monoisotopic (exact) mass is 466 g/mol.